The minimum absolute atomic E-state index is 0.0589. The fourth-order valence-electron chi connectivity index (χ4n) is 2.72. The van der Waals surface area contributed by atoms with E-state index in [0.717, 1.165) is 6.07 Å². The number of hydrogen-bond donors (Lipinski definition) is 1. The highest BCUT2D eigenvalue weighted by atomic mass is 35.5. The van der Waals surface area contributed by atoms with E-state index in [1.807, 2.05) is 19.9 Å². The molecule has 1 amide bonds. The van der Waals surface area contributed by atoms with E-state index in [4.69, 9.17) is 16.3 Å². The van der Waals surface area contributed by atoms with Gasteiger partial charge >= 0.3 is 5.97 Å². The van der Waals surface area contributed by atoms with Gasteiger partial charge in [-0.05, 0) is 36.2 Å². The summed E-state index contributed by atoms with van der Waals surface area (Å²) < 4.78 is 20.4. The summed E-state index contributed by atoms with van der Waals surface area (Å²) in [6.07, 6.45) is 3.00. The fraction of sp³-hybridized carbons (Fsp3) is 0.200. The molecule has 3 aromatic rings. The lowest BCUT2D eigenvalue weighted by Gasteiger charge is -2.12. The first-order valence-corrected chi connectivity index (χ1v) is 9.16. The molecule has 9 heteroatoms. The molecule has 3 rings (SSSR count). The van der Waals surface area contributed by atoms with Crippen molar-refractivity contribution in [2.45, 2.75) is 19.8 Å². The molecule has 0 aliphatic carbocycles. The zero-order valence-electron chi connectivity index (χ0n) is 15.7. The average molecular weight is 417 g/mol. The fourth-order valence-corrected chi connectivity index (χ4v) is 2.89. The number of amides is 1. The van der Waals surface area contributed by atoms with Crippen LogP contribution in [-0.4, -0.2) is 33.2 Å². The molecule has 0 bridgehead atoms. The molecule has 0 spiro atoms. The number of carbonyl (C=O) groups excluding carboxylic acids is 2. The normalized spacial score (nSPS) is 10.8. The second-order valence-corrected chi connectivity index (χ2v) is 6.88. The van der Waals surface area contributed by atoms with Crippen LogP contribution in [0.5, 0.6) is 0 Å². The average Bonchev–Trinajstić information content (AvgIpc) is 3.15. The molecule has 0 saturated heterocycles. The molecular formula is C20H18ClFN4O3. The van der Waals surface area contributed by atoms with Gasteiger partial charge in [0.1, 0.15) is 11.4 Å². The number of pyridine rings is 1. The number of aromatic nitrogens is 3. The van der Waals surface area contributed by atoms with Crippen LogP contribution in [0, 0.1) is 5.82 Å². The quantitative estimate of drug-likeness (QED) is 0.614. The van der Waals surface area contributed by atoms with Crippen LogP contribution in [0.15, 0.2) is 48.8 Å². The van der Waals surface area contributed by atoms with E-state index in [1.165, 1.54) is 18.3 Å². The number of nitrogens with one attached hydrogen (secondary N) is 1. The van der Waals surface area contributed by atoms with Crippen molar-refractivity contribution < 1.29 is 18.7 Å². The van der Waals surface area contributed by atoms with Gasteiger partial charge in [-0.2, -0.15) is 5.10 Å². The van der Waals surface area contributed by atoms with Crippen LogP contribution in [0.3, 0.4) is 0 Å². The predicted molar refractivity (Wildman–Crippen MR) is 106 cm³/mol. The lowest BCUT2D eigenvalue weighted by Crippen LogP contribution is -2.22. The van der Waals surface area contributed by atoms with Crippen molar-refractivity contribution in [3.8, 4) is 5.82 Å². The van der Waals surface area contributed by atoms with Crippen LogP contribution in [0.1, 0.15) is 35.8 Å². The van der Waals surface area contributed by atoms with Crippen LogP contribution < -0.4 is 5.32 Å². The zero-order valence-corrected chi connectivity index (χ0v) is 16.5. The van der Waals surface area contributed by atoms with Crippen LogP contribution in [0.4, 0.5) is 10.1 Å². The van der Waals surface area contributed by atoms with Crippen molar-refractivity contribution >= 4 is 29.2 Å². The van der Waals surface area contributed by atoms with Gasteiger partial charge in [0.2, 0.25) is 0 Å². The summed E-state index contributed by atoms with van der Waals surface area (Å²) in [6.45, 7) is 3.22. The van der Waals surface area contributed by atoms with Gasteiger partial charge in [0.25, 0.3) is 5.91 Å². The van der Waals surface area contributed by atoms with Gasteiger partial charge in [-0.25, -0.2) is 18.9 Å². The predicted octanol–water partition coefficient (Wildman–Crippen LogP) is 3.98. The molecule has 0 atom stereocenters. The van der Waals surface area contributed by atoms with Crippen molar-refractivity contribution in [1.82, 2.24) is 14.8 Å². The maximum atomic E-state index is 13.7. The molecule has 29 heavy (non-hydrogen) atoms. The van der Waals surface area contributed by atoms with Crippen molar-refractivity contribution in [2.75, 3.05) is 11.9 Å². The minimum Gasteiger partial charge on any atom is -0.452 e. The van der Waals surface area contributed by atoms with Gasteiger partial charge in [0, 0.05) is 11.2 Å². The van der Waals surface area contributed by atoms with E-state index in [1.54, 1.807) is 23.0 Å². The number of anilines is 1. The SMILES string of the molecule is CC(C)c1c(C(=O)OCC(=O)Nc2cc(Cl)ccc2F)cnn1-c1ccccn1. The van der Waals surface area contributed by atoms with E-state index in [9.17, 15) is 14.0 Å². The topological polar surface area (TPSA) is 86.1 Å². The van der Waals surface area contributed by atoms with E-state index < -0.39 is 24.3 Å². The van der Waals surface area contributed by atoms with Gasteiger partial charge in [0.15, 0.2) is 12.4 Å². The third-order valence-corrected chi connectivity index (χ3v) is 4.21. The molecule has 0 radical (unpaired) electrons. The number of nitrogens with zero attached hydrogens (tertiary/aromatic N) is 3. The van der Waals surface area contributed by atoms with Crippen LogP contribution in [0.2, 0.25) is 5.02 Å². The third-order valence-electron chi connectivity index (χ3n) is 3.98. The molecule has 0 unspecified atom stereocenters. The van der Waals surface area contributed by atoms with Crippen molar-refractivity contribution in [3.05, 3.63) is 70.9 Å². The molecule has 0 aliphatic rings. The summed E-state index contributed by atoms with van der Waals surface area (Å²) in [6, 6.07) is 9.11. The monoisotopic (exact) mass is 416 g/mol. The molecule has 0 saturated carbocycles. The number of ether oxygens (including phenoxy) is 1. The lowest BCUT2D eigenvalue weighted by molar-refractivity contribution is -0.119. The molecule has 150 valence electrons. The first-order chi connectivity index (χ1) is 13.9. The number of halogens is 2. The van der Waals surface area contributed by atoms with Crippen molar-refractivity contribution in [3.63, 3.8) is 0 Å². The van der Waals surface area contributed by atoms with E-state index >= 15 is 0 Å². The summed E-state index contributed by atoms with van der Waals surface area (Å²) in [5.74, 6) is -1.55. The Morgan fingerprint density at radius 1 is 1.28 bits per heavy atom. The summed E-state index contributed by atoms with van der Waals surface area (Å²) in [4.78, 5) is 28.8. The van der Waals surface area contributed by atoms with E-state index in [-0.39, 0.29) is 22.2 Å². The van der Waals surface area contributed by atoms with Crippen LogP contribution >= 0.6 is 11.6 Å². The van der Waals surface area contributed by atoms with Gasteiger partial charge in [-0.1, -0.05) is 31.5 Å². The minimum atomic E-state index is -0.711. The van der Waals surface area contributed by atoms with E-state index in [2.05, 4.69) is 15.4 Å². The second-order valence-electron chi connectivity index (χ2n) is 6.45. The summed E-state index contributed by atoms with van der Waals surface area (Å²) in [5, 5.41) is 6.82. The number of hydrogen-bond acceptors (Lipinski definition) is 5. The molecular weight excluding hydrogens is 399 g/mol. The maximum absolute atomic E-state index is 13.7. The van der Waals surface area contributed by atoms with Crippen molar-refractivity contribution in [1.29, 1.82) is 0 Å². The molecule has 0 aliphatic heterocycles. The van der Waals surface area contributed by atoms with Gasteiger partial charge in [0.05, 0.1) is 17.6 Å². The first-order valence-electron chi connectivity index (χ1n) is 8.78. The molecule has 0 fully saturated rings. The summed E-state index contributed by atoms with van der Waals surface area (Å²) in [5.41, 5.74) is 0.742. The Balaban J connectivity index is 1.72. The number of esters is 1. The second kappa shape index (κ2) is 8.83. The van der Waals surface area contributed by atoms with Crippen LogP contribution in [-0.2, 0) is 9.53 Å². The van der Waals surface area contributed by atoms with Gasteiger partial charge in [-0.3, -0.25) is 4.79 Å². The van der Waals surface area contributed by atoms with Crippen LogP contribution in [0.25, 0.3) is 5.82 Å². The first kappa shape index (κ1) is 20.5. The molecule has 2 aromatic heterocycles. The lowest BCUT2D eigenvalue weighted by atomic mass is 10.1. The Labute approximate surface area is 171 Å². The Bertz CT molecular complexity index is 1040. The Kier molecular flexibility index (Phi) is 6.23. The summed E-state index contributed by atoms with van der Waals surface area (Å²) in [7, 11) is 0. The highest BCUT2D eigenvalue weighted by Gasteiger charge is 2.23. The Morgan fingerprint density at radius 2 is 2.07 bits per heavy atom. The number of rotatable bonds is 6. The highest BCUT2D eigenvalue weighted by Crippen LogP contribution is 2.23. The van der Waals surface area contributed by atoms with Crippen molar-refractivity contribution in [2.24, 2.45) is 0 Å². The molecule has 1 N–H and O–H groups in total. The van der Waals surface area contributed by atoms with E-state index in [0.29, 0.717) is 11.5 Å². The number of carbonyl (C=O) groups is 2. The molecule has 7 nitrogen and oxygen atoms in total. The van der Waals surface area contributed by atoms with Gasteiger partial charge < -0.3 is 10.1 Å². The standard InChI is InChI=1S/C20H18ClFN4O3/c1-12(2)19-14(10-24-26(19)17-5-3-4-8-23-17)20(28)29-11-18(27)25-16-9-13(21)6-7-15(16)22/h3-10,12H,11H2,1-2H3,(H,25,27). The summed E-state index contributed by atoms with van der Waals surface area (Å²) >= 11 is 5.79. The smallest absolute Gasteiger partial charge is 0.342 e. The van der Waals surface area contributed by atoms with Gasteiger partial charge in [-0.15, -0.1) is 0 Å². The maximum Gasteiger partial charge on any atom is 0.342 e. The zero-order chi connectivity index (χ0) is 21.0. The highest BCUT2D eigenvalue weighted by molar-refractivity contribution is 6.30. The Morgan fingerprint density at radius 3 is 2.76 bits per heavy atom. The third kappa shape index (κ3) is 4.78. The number of benzene rings is 1. The Hall–Kier alpha value is -3.26. The largest absolute Gasteiger partial charge is 0.452 e. The molecule has 1 aromatic carbocycles. The molecule has 2 heterocycles.